The number of furan rings is 1. The molecule has 0 bridgehead atoms. The highest BCUT2D eigenvalue weighted by Gasteiger charge is 2.40. The number of aliphatic hydroxyl groups is 1. The van der Waals surface area contributed by atoms with Gasteiger partial charge >= 0.3 is 0 Å². The van der Waals surface area contributed by atoms with E-state index in [1.807, 2.05) is 53.4 Å². The Morgan fingerprint density at radius 1 is 0.981 bits per heavy atom. The van der Waals surface area contributed by atoms with Crippen molar-refractivity contribution in [2.24, 2.45) is 0 Å². The molecule has 1 unspecified atom stereocenters. The fourth-order valence-corrected chi connectivity index (χ4v) is 8.12. The SMILES string of the molecule is COc1cc(C(=O)N2CCCC(CCN3CCC(N(Cc4ccc(CO)o4)c4nc5ccccc5[nH]4)CC3)(c3ccc(F)cc3)C2)cc(OC)c1OC. The third-order valence-corrected chi connectivity index (χ3v) is 11.0. The van der Waals surface area contributed by atoms with Gasteiger partial charge in [0.1, 0.15) is 23.9 Å². The molecule has 280 valence electrons. The van der Waals surface area contributed by atoms with Crippen LogP contribution in [0.2, 0.25) is 0 Å². The van der Waals surface area contributed by atoms with Crippen molar-refractivity contribution < 1.29 is 32.9 Å². The predicted molar refractivity (Wildman–Crippen MR) is 200 cm³/mol. The van der Waals surface area contributed by atoms with E-state index in [1.165, 1.54) is 33.5 Å². The second-order valence-electron chi connectivity index (χ2n) is 14.1. The molecular weight excluding hydrogens is 677 g/mol. The Morgan fingerprint density at radius 3 is 2.36 bits per heavy atom. The van der Waals surface area contributed by atoms with Crippen LogP contribution in [0, 0.1) is 5.82 Å². The molecular formula is C41H48FN5O6. The van der Waals surface area contributed by atoms with Gasteiger partial charge in [-0.3, -0.25) is 4.79 Å². The van der Waals surface area contributed by atoms with Crippen LogP contribution in [0.15, 0.2) is 77.2 Å². The Bertz CT molecular complexity index is 1950. The van der Waals surface area contributed by atoms with E-state index in [9.17, 15) is 14.3 Å². The molecule has 2 saturated heterocycles. The van der Waals surface area contributed by atoms with Gasteiger partial charge in [-0.2, -0.15) is 0 Å². The van der Waals surface area contributed by atoms with Crippen LogP contribution in [0.5, 0.6) is 17.2 Å². The van der Waals surface area contributed by atoms with Crippen LogP contribution in [0.25, 0.3) is 11.0 Å². The van der Waals surface area contributed by atoms with Gasteiger partial charge in [0.05, 0.1) is 38.9 Å². The zero-order valence-corrected chi connectivity index (χ0v) is 30.6. The van der Waals surface area contributed by atoms with E-state index in [0.29, 0.717) is 48.2 Å². The van der Waals surface area contributed by atoms with Crippen molar-refractivity contribution in [3.05, 3.63) is 101 Å². The van der Waals surface area contributed by atoms with Gasteiger partial charge in [0.15, 0.2) is 11.5 Å². The Balaban J connectivity index is 1.07. The molecule has 7 rings (SSSR count). The van der Waals surface area contributed by atoms with Crippen LogP contribution in [-0.2, 0) is 18.6 Å². The van der Waals surface area contributed by atoms with E-state index >= 15 is 0 Å². The highest BCUT2D eigenvalue weighted by molar-refractivity contribution is 5.96. The summed E-state index contributed by atoms with van der Waals surface area (Å²) in [5.41, 5.74) is 3.07. The second kappa shape index (κ2) is 15.9. The maximum Gasteiger partial charge on any atom is 0.254 e. The van der Waals surface area contributed by atoms with Crippen molar-refractivity contribution in [1.82, 2.24) is 19.8 Å². The van der Waals surface area contributed by atoms with Crippen molar-refractivity contribution in [1.29, 1.82) is 0 Å². The lowest BCUT2D eigenvalue weighted by Crippen LogP contribution is -2.51. The van der Waals surface area contributed by atoms with Gasteiger partial charge in [0.2, 0.25) is 11.7 Å². The lowest BCUT2D eigenvalue weighted by Gasteiger charge is -2.45. The summed E-state index contributed by atoms with van der Waals surface area (Å²) in [6.45, 7) is 4.18. The monoisotopic (exact) mass is 725 g/mol. The molecule has 0 saturated carbocycles. The number of carbonyl (C=O) groups excluding carboxylic acids is 1. The summed E-state index contributed by atoms with van der Waals surface area (Å²) in [5.74, 6) is 3.04. The Hall–Kier alpha value is -5.07. The Labute approximate surface area is 309 Å². The molecule has 11 nitrogen and oxygen atoms in total. The summed E-state index contributed by atoms with van der Waals surface area (Å²) >= 11 is 0. The number of nitrogens with zero attached hydrogens (tertiary/aromatic N) is 4. The van der Waals surface area contributed by atoms with Gasteiger partial charge in [-0.25, -0.2) is 9.37 Å². The molecule has 2 aliphatic heterocycles. The lowest BCUT2D eigenvalue weighted by atomic mass is 9.71. The standard InChI is InChI=1S/C41H48FN5O6/c1-50-36-23-28(24-37(51-2)38(36)52-3)39(49)46-19-6-17-41(27-46,29-9-11-30(42)12-10-29)18-22-45-20-15-31(16-21-45)47(25-32-13-14-33(26-48)53-32)40-43-34-7-4-5-8-35(34)44-40/h4-5,7-14,23-24,31,48H,6,15-22,25-27H2,1-3H3,(H,43,44). The van der Waals surface area contributed by atoms with E-state index in [2.05, 4.69) is 14.8 Å². The maximum absolute atomic E-state index is 14.2. The van der Waals surface area contributed by atoms with Crippen LogP contribution in [0.1, 0.15) is 59.5 Å². The topological polar surface area (TPSA) is 117 Å². The number of aliphatic hydroxyl groups excluding tert-OH is 1. The fourth-order valence-electron chi connectivity index (χ4n) is 8.12. The van der Waals surface area contributed by atoms with Crippen LogP contribution in [-0.4, -0.2) is 90.9 Å². The Kier molecular flexibility index (Phi) is 10.9. The molecule has 53 heavy (non-hydrogen) atoms. The number of likely N-dealkylation sites (tertiary alicyclic amines) is 2. The number of methoxy groups -OCH3 is 3. The highest BCUT2D eigenvalue weighted by atomic mass is 19.1. The minimum atomic E-state index is -0.344. The summed E-state index contributed by atoms with van der Waals surface area (Å²) in [4.78, 5) is 29.3. The molecule has 3 aromatic carbocycles. The number of nitrogens with one attached hydrogen (secondary N) is 1. The number of benzene rings is 3. The normalized spacial score (nSPS) is 18.3. The number of anilines is 1. The van der Waals surface area contributed by atoms with Gasteiger partial charge < -0.3 is 43.4 Å². The molecule has 0 radical (unpaired) electrons. The maximum atomic E-state index is 14.2. The van der Waals surface area contributed by atoms with E-state index in [-0.39, 0.29) is 29.8 Å². The zero-order chi connectivity index (χ0) is 37.0. The number of para-hydroxylation sites is 2. The number of aromatic nitrogens is 2. The number of amides is 1. The number of hydrogen-bond acceptors (Lipinski definition) is 9. The van der Waals surface area contributed by atoms with Gasteiger partial charge in [-0.15, -0.1) is 0 Å². The Morgan fingerprint density at radius 2 is 1.70 bits per heavy atom. The molecule has 12 heteroatoms. The number of carbonyl (C=O) groups is 1. The van der Waals surface area contributed by atoms with E-state index < -0.39 is 0 Å². The first-order valence-electron chi connectivity index (χ1n) is 18.3. The molecule has 2 aliphatic rings. The number of aromatic amines is 1. The molecule has 0 aliphatic carbocycles. The molecule has 2 N–H and O–H groups in total. The van der Waals surface area contributed by atoms with E-state index in [1.54, 1.807) is 12.1 Å². The highest BCUT2D eigenvalue weighted by Crippen LogP contribution is 2.41. The summed E-state index contributed by atoms with van der Waals surface area (Å²) in [5, 5.41) is 9.59. The minimum Gasteiger partial charge on any atom is -0.493 e. The largest absolute Gasteiger partial charge is 0.493 e. The van der Waals surface area contributed by atoms with Crippen LogP contribution >= 0.6 is 0 Å². The molecule has 1 amide bonds. The summed E-state index contributed by atoms with van der Waals surface area (Å²) in [7, 11) is 4.62. The molecule has 0 spiro atoms. The summed E-state index contributed by atoms with van der Waals surface area (Å²) < 4.78 is 36.7. The molecule has 5 aromatic rings. The molecule has 4 heterocycles. The number of rotatable bonds is 13. The number of fused-ring (bicyclic) bond motifs is 1. The quantitative estimate of drug-likeness (QED) is 0.140. The van der Waals surface area contributed by atoms with Gasteiger partial charge in [-0.05, 0) is 92.7 Å². The third-order valence-electron chi connectivity index (χ3n) is 11.0. The van der Waals surface area contributed by atoms with Crippen LogP contribution < -0.4 is 19.1 Å². The number of ether oxygens (including phenoxy) is 3. The fraction of sp³-hybridized carbons (Fsp3) is 0.415. The average Bonchev–Trinajstić information content (AvgIpc) is 3.86. The molecule has 2 fully saturated rings. The number of halogens is 1. The number of piperidine rings is 2. The van der Waals surface area contributed by atoms with Crippen molar-refractivity contribution in [2.75, 3.05) is 59.0 Å². The number of H-pyrrole nitrogens is 1. The first-order chi connectivity index (χ1) is 25.8. The van der Waals surface area contributed by atoms with Crippen LogP contribution in [0.3, 0.4) is 0 Å². The van der Waals surface area contributed by atoms with Crippen molar-refractivity contribution in [3.63, 3.8) is 0 Å². The zero-order valence-electron chi connectivity index (χ0n) is 30.6. The van der Waals surface area contributed by atoms with Crippen LogP contribution in [0.4, 0.5) is 10.3 Å². The third kappa shape index (κ3) is 7.70. The van der Waals surface area contributed by atoms with E-state index in [4.69, 9.17) is 23.6 Å². The van der Waals surface area contributed by atoms with Gasteiger partial charge in [0.25, 0.3) is 5.91 Å². The number of hydrogen-bond donors (Lipinski definition) is 2. The van der Waals surface area contributed by atoms with Gasteiger partial charge in [-0.1, -0.05) is 24.3 Å². The first-order valence-corrected chi connectivity index (χ1v) is 18.3. The summed E-state index contributed by atoms with van der Waals surface area (Å²) in [6.07, 6.45) is 4.41. The van der Waals surface area contributed by atoms with Crippen molar-refractivity contribution in [2.45, 2.75) is 56.7 Å². The predicted octanol–water partition coefficient (Wildman–Crippen LogP) is 6.55. The average molecular weight is 726 g/mol. The van der Waals surface area contributed by atoms with Gasteiger partial charge in [0, 0.05) is 43.2 Å². The molecule has 2 aromatic heterocycles. The van der Waals surface area contributed by atoms with E-state index in [0.717, 1.165) is 80.0 Å². The lowest BCUT2D eigenvalue weighted by molar-refractivity contribution is 0.0605. The second-order valence-corrected chi connectivity index (χ2v) is 14.1. The minimum absolute atomic E-state index is 0.107. The summed E-state index contributed by atoms with van der Waals surface area (Å²) in [6, 6.07) is 22.2. The first kappa shape index (κ1) is 36.3. The smallest absolute Gasteiger partial charge is 0.254 e. The number of imidazole rings is 1. The van der Waals surface area contributed by atoms with Crippen molar-refractivity contribution in [3.8, 4) is 17.2 Å². The molecule has 1 atom stereocenters. The van der Waals surface area contributed by atoms with Crippen molar-refractivity contribution >= 4 is 22.9 Å².